The summed E-state index contributed by atoms with van der Waals surface area (Å²) in [6.07, 6.45) is 10.4. The lowest BCUT2D eigenvalue weighted by Crippen LogP contribution is -2.53. The van der Waals surface area contributed by atoms with Gasteiger partial charge >= 0.3 is 0 Å². The van der Waals surface area contributed by atoms with Crippen molar-refractivity contribution in [3.05, 3.63) is 0 Å². The molecule has 0 aromatic carbocycles. The lowest BCUT2D eigenvalue weighted by Gasteiger charge is -2.54. The van der Waals surface area contributed by atoms with E-state index in [2.05, 4.69) is 17.3 Å². The Labute approximate surface area is 141 Å². The van der Waals surface area contributed by atoms with Gasteiger partial charge in [-0.05, 0) is 88.1 Å². The third kappa shape index (κ3) is 2.91. The van der Waals surface area contributed by atoms with Gasteiger partial charge in [0.25, 0.3) is 0 Å². The molecule has 0 spiro atoms. The minimum Gasteiger partial charge on any atom is -0.342 e. The normalized spacial score (nSPS) is 43.3. The van der Waals surface area contributed by atoms with E-state index in [0.717, 1.165) is 43.2 Å². The second-order valence-electron chi connectivity index (χ2n) is 8.24. The summed E-state index contributed by atoms with van der Waals surface area (Å²) in [5.41, 5.74) is 0. The Balaban J connectivity index is 0.00000144. The van der Waals surface area contributed by atoms with Crippen molar-refractivity contribution in [1.29, 1.82) is 0 Å². The second kappa shape index (κ2) is 6.68. The fourth-order valence-corrected chi connectivity index (χ4v) is 6.13. The van der Waals surface area contributed by atoms with Gasteiger partial charge in [-0.3, -0.25) is 4.79 Å². The first kappa shape index (κ1) is 16.6. The highest BCUT2D eigenvalue weighted by Gasteiger charge is 2.51. The van der Waals surface area contributed by atoms with E-state index in [1.54, 1.807) is 0 Å². The van der Waals surface area contributed by atoms with Gasteiger partial charge in [-0.15, -0.1) is 12.4 Å². The van der Waals surface area contributed by atoms with E-state index in [1.165, 1.54) is 44.9 Å². The molecule has 0 aromatic heterocycles. The Kier molecular flexibility index (Phi) is 5.04. The van der Waals surface area contributed by atoms with Gasteiger partial charge in [0.2, 0.25) is 5.91 Å². The van der Waals surface area contributed by atoms with Crippen molar-refractivity contribution < 1.29 is 4.79 Å². The summed E-state index contributed by atoms with van der Waals surface area (Å²) in [6, 6.07) is 0.477. The number of nitrogens with one attached hydrogen (secondary N) is 1. The van der Waals surface area contributed by atoms with Crippen LogP contribution in [-0.2, 0) is 4.79 Å². The smallest absolute Gasteiger partial charge is 0.226 e. The SMILES string of the molecule is CN(C(=O)C1C2CC3CC(C2)CC1C3)C1CCCNCC1.Cl. The zero-order chi connectivity index (χ0) is 14.4. The van der Waals surface area contributed by atoms with Crippen molar-refractivity contribution in [3.8, 4) is 0 Å². The lowest BCUT2D eigenvalue weighted by atomic mass is 9.51. The highest BCUT2D eigenvalue weighted by molar-refractivity contribution is 5.85. The molecule has 5 aliphatic rings. The monoisotopic (exact) mass is 326 g/mol. The lowest BCUT2D eigenvalue weighted by molar-refractivity contribution is -0.150. The first-order valence-electron chi connectivity index (χ1n) is 9.19. The maximum Gasteiger partial charge on any atom is 0.226 e. The van der Waals surface area contributed by atoms with Crippen molar-refractivity contribution in [2.24, 2.45) is 29.6 Å². The van der Waals surface area contributed by atoms with Gasteiger partial charge in [0, 0.05) is 19.0 Å². The molecule has 1 amide bonds. The predicted octanol–water partition coefficient (Wildman–Crippen LogP) is 3.08. The van der Waals surface area contributed by atoms with Gasteiger partial charge in [-0.1, -0.05) is 0 Å². The zero-order valence-electron chi connectivity index (χ0n) is 13.8. The van der Waals surface area contributed by atoms with Crippen LogP contribution in [0.4, 0.5) is 0 Å². The standard InChI is InChI=1S/C18H30N2O.ClH/c1-20(16-3-2-5-19-6-4-16)18(21)17-14-8-12-7-13(10-14)11-15(17)9-12;/h12-17,19H,2-11H2,1H3;1H. The maximum atomic E-state index is 13.2. The first-order valence-corrected chi connectivity index (χ1v) is 9.19. The van der Waals surface area contributed by atoms with Gasteiger partial charge in [-0.25, -0.2) is 0 Å². The number of hydrogen-bond acceptors (Lipinski definition) is 2. The molecule has 4 aliphatic carbocycles. The molecule has 1 N–H and O–H groups in total. The van der Waals surface area contributed by atoms with Crippen LogP contribution in [0.25, 0.3) is 0 Å². The fourth-order valence-electron chi connectivity index (χ4n) is 6.13. The van der Waals surface area contributed by atoms with Crippen molar-refractivity contribution >= 4 is 18.3 Å². The average molecular weight is 327 g/mol. The van der Waals surface area contributed by atoms with E-state index in [4.69, 9.17) is 0 Å². The molecule has 5 fully saturated rings. The summed E-state index contributed by atoms with van der Waals surface area (Å²) in [4.78, 5) is 15.3. The van der Waals surface area contributed by atoms with Crippen molar-refractivity contribution in [2.75, 3.05) is 20.1 Å². The highest BCUT2D eigenvalue weighted by Crippen LogP contribution is 2.56. The van der Waals surface area contributed by atoms with E-state index in [9.17, 15) is 4.79 Å². The van der Waals surface area contributed by atoms with Gasteiger partial charge in [0.15, 0.2) is 0 Å². The Morgan fingerprint density at radius 3 is 2.23 bits per heavy atom. The van der Waals surface area contributed by atoms with Crippen LogP contribution in [0.3, 0.4) is 0 Å². The molecule has 126 valence electrons. The van der Waals surface area contributed by atoms with E-state index in [0.29, 0.717) is 17.9 Å². The van der Waals surface area contributed by atoms with Crippen LogP contribution in [0, 0.1) is 29.6 Å². The summed E-state index contributed by atoms with van der Waals surface area (Å²) in [6.45, 7) is 2.19. The maximum absolute atomic E-state index is 13.2. The average Bonchev–Trinajstić information content (AvgIpc) is 2.74. The van der Waals surface area contributed by atoms with Gasteiger partial charge < -0.3 is 10.2 Å². The van der Waals surface area contributed by atoms with Crippen LogP contribution >= 0.6 is 12.4 Å². The molecule has 0 radical (unpaired) electrons. The number of halogens is 1. The van der Waals surface area contributed by atoms with E-state index in [1.807, 2.05) is 0 Å². The molecule has 4 bridgehead atoms. The third-order valence-corrected chi connectivity index (χ3v) is 6.95. The van der Waals surface area contributed by atoms with Crippen molar-refractivity contribution in [2.45, 2.75) is 57.4 Å². The van der Waals surface area contributed by atoms with Gasteiger partial charge in [-0.2, -0.15) is 0 Å². The first-order chi connectivity index (χ1) is 10.2. The predicted molar refractivity (Wildman–Crippen MR) is 91.1 cm³/mol. The van der Waals surface area contributed by atoms with Crippen LogP contribution in [-0.4, -0.2) is 37.0 Å². The highest BCUT2D eigenvalue weighted by atomic mass is 35.5. The van der Waals surface area contributed by atoms with Gasteiger partial charge in [0.1, 0.15) is 0 Å². The minimum absolute atomic E-state index is 0. The van der Waals surface area contributed by atoms with E-state index >= 15 is 0 Å². The van der Waals surface area contributed by atoms with Gasteiger partial charge in [0.05, 0.1) is 0 Å². The molecule has 1 aliphatic heterocycles. The number of carbonyl (C=O) groups is 1. The summed E-state index contributed by atoms with van der Waals surface area (Å²) in [7, 11) is 2.09. The molecule has 4 heteroatoms. The Hall–Kier alpha value is -0.280. The minimum atomic E-state index is 0. The van der Waals surface area contributed by atoms with Crippen LogP contribution in [0.5, 0.6) is 0 Å². The molecule has 3 nitrogen and oxygen atoms in total. The molecule has 1 unspecified atom stereocenters. The van der Waals surface area contributed by atoms with Crippen molar-refractivity contribution in [1.82, 2.24) is 10.2 Å². The largest absolute Gasteiger partial charge is 0.342 e. The molecule has 0 aromatic rings. The summed E-state index contributed by atoms with van der Waals surface area (Å²) < 4.78 is 0. The van der Waals surface area contributed by atoms with Crippen LogP contribution in [0.1, 0.15) is 51.4 Å². The quantitative estimate of drug-likeness (QED) is 0.845. The Morgan fingerprint density at radius 1 is 0.955 bits per heavy atom. The van der Waals surface area contributed by atoms with Crippen LogP contribution in [0.2, 0.25) is 0 Å². The number of carbonyl (C=O) groups excluding carboxylic acids is 1. The molecule has 4 saturated carbocycles. The Morgan fingerprint density at radius 2 is 1.59 bits per heavy atom. The number of rotatable bonds is 2. The van der Waals surface area contributed by atoms with Crippen LogP contribution in [0.15, 0.2) is 0 Å². The molecular weight excluding hydrogens is 296 g/mol. The number of hydrogen-bond donors (Lipinski definition) is 1. The molecule has 1 saturated heterocycles. The molecule has 1 heterocycles. The summed E-state index contributed by atoms with van der Waals surface area (Å²) >= 11 is 0. The summed E-state index contributed by atoms with van der Waals surface area (Å²) in [5, 5.41) is 3.46. The molecule has 22 heavy (non-hydrogen) atoms. The number of amides is 1. The molecular formula is C18H31ClN2O. The molecule has 5 rings (SSSR count). The number of nitrogens with zero attached hydrogens (tertiary/aromatic N) is 1. The fraction of sp³-hybridized carbons (Fsp3) is 0.944. The van der Waals surface area contributed by atoms with E-state index in [-0.39, 0.29) is 12.4 Å². The summed E-state index contributed by atoms with van der Waals surface area (Å²) in [5.74, 6) is 4.24. The van der Waals surface area contributed by atoms with Crippen LogP contribution < -0.4 is 5.32 Å². The Bertz CT molecular complexity index is 378. The second-order valence-corrected chi connectivity index (χ2v) is 8.24. The third-order valence-electron chi connectivity index (χ3n) is 6.95. The van der Waals surface area contributed by atoms with Crippen molar-refractivity contribution in [3.63, 3.8) is 0 Å². The topological polar surface area (TPSA) is 32.3 Å². The zero-order valence-corrected chi connectivity index (χ0v) is 14.6. The van der Waals surface area contributed by atoms with E-state index < -0.39 is 0 Å². The molecule has 1 atom stereocenters.